The molecule has 0 aromatic rings. The summed E-state index contributed by atoms with van der Waals surface area (Å²) in [6, 6.07) is 0. The molecule has 0 atom stereocenters. The zero-order valence-corrected chi connectivity index (χ0v) is 13.1. The smallest absolute Gasteiger partial charge is 0.302 e. The van der Waals surface area contributed by atoms with Crippen molar-refractivity contribution >= 4 is 23.8 Å². The molecule has 8 nitrogen and oxygen atoms in total. The lowest BCUT2D eigenvalue weighted by Crippen LogP contribution is -2.28. The summed E-state index contributed by atoms with van der Waals surface area (Å²) in [6.07, 6.45) is 1.83. The summed E-state index contributed by atoms with van der Waals surface area (Å²) >= 11 is 0. The highest BCUT2D eigenvalue weighted by atomic mass is 16.5. The highest BCUT2D eigenvalue weighted by molar-refractivity contribution is 5.77. The Morgan fingerprint density at radius 1 is 0.727 bits per heavy atom. The molecule has 0 heterocycles. The van der Waals surface area contributed by atoms with E-state index in [4.69, 9.17) is 0 Å². The van der Waals surface area contributed by atoms with Crippen LogP contribution in [-0.4, -0.2) is 50.1 Å². The van der Waals surface area contributed by atoms with E-state index in [1.54, 1.807) is 0 Å². The fourth-order valence-electron chi connectivity index (χ4n) is 1.52. The molecule has 0 saturated carbocycles. The first-order valence-corrected chi connectivity index (χ1v) is 7.22. The second-order valence-corrected chi connectivity index (χ2v) is 4.59. The molecule has 22 heavy (non-hydrogen) atoms. The molecule has 0 unspecified atom stereocenters. The predicted molar refractivity (Wildman–Crippen MR) is 77.8 cm³/mol. The van der Waals surface area contributed by atoms with Crippen LogP contribution in [0.5, 0.6) is 0 Å². The van der Waals surface area contributed by atoms with E-state index in [2.05, 4.69) is 20.1 Å². The molecule has 2 amide bonds. The van der Waals surface area contributed by atoms with Crippen LogP contribution in [0.4, 0.5) is 0 Å². The minimum Gasteiger partial charge on any atom is -0.464 e. The molecule has 0 aromatic carbocycles. The standard InChI is InChI=1S/C14H24N2O6/c1-11(17)21-9-7-15-13(19)5-3-4-6-14(20)16-8-10-22-12(2)18/h3-10H2,1-2H3,(H,15,19)(H,16,20). The van der Waals surface area contributed by atoms with Crippen molar-refractivity contribution in [1.82, 2.24) is 10.6 Å². The maximum atomic E-state index is 11.4. The summed E-state index contributed by atoms with van der Waals surface area (Å²) in [5.41, 5.74) is 0. The third-order valence-corrected chi connectivity index (χ3v) is 2.52. The molecule has 8 heteroatoms. The highest BCUT2D eigenvalue weighted by Gasteiger charge is 2.04. The van der Waals surface area contributed by atoms with Crippen LogP contribution in [0.1, 0.15) is 39.5 Å². The number of carbonyl (C=O) groups excluding carboxylic acids is 4. The van der Waals surface area contributed by atoms with Crippen molar-refractivity contribution in [1.29, 1.82) is 0 Å². The number of nitrogens with one attached hydrogen (secondary N) is 2. The van der Waals surface area contributed by atoms with Crippen molar-refractivity contribution in [3.05, 3.63) is 0 Å². The number of ether oxygens (including phenoxy) is 2. The van der Waals surface area contributed by atoms with Gasteiger partial charge < -0.3 is 20.1 Å². The van der Waals surface area contributed by atoms with Crippen LogP contribution in [0.15, 0.2) is 0 Å². The van der Waals surface area contributed by atoms with Crippen LogP contribution in [0.2, 0.25) is 0 Å². The normalized spacial score (nSPS) is 9.73. The Hall–Kier alpha value is -2.12. The number of hydrogen-bond acceptors (Lipinski definition) is 6. The van der Waals surface area contributed by atoms with Gasteiger partial charge in [0.05, 0.1) is 13.1 Å². The van der Waals surface area contributed by atoms with Gasteiger partial charge in [-0.25, -0.2) is 0 Å². The van der Waals surface area contributed by atoms with Crippen LogP contribution >= 0.6 is 0 Å². The summed E-state index contributed by atoms with van der Waals surface area (Å²) in [5, 5.41) is 5.23. The molecule has 0 radical (unpaired) electrons. The van der Waals surface area contributed by atoms with Crippen LogP contribution in [0.25, 0.3) is 0 Å². The zero-order chi connectivity index (χ0) is 16.8. The molecular formula is C14H24N2O6. The third-order valence-electron chi connectivity index (χ3n) is 2.52. The molecule has 0 rings (SSSR count). The van der Waals surface area contributed by atoms with Gasteiger partial charge >= 0.3 is 11.9 Å². The SMILES string of the molecule is CC(=O)OCCNC(=O)CCCCC(=O)NCCOC(C)=O. The van der Waals surface area contributed by atoms with E-state index < -0.39 is 0 Å². The summed E-state index contributed by atoms with van der Waals surface area (Å²) in [7, 11) is 0. The molecule has 0 aliphatic carbocycles. The van der Waals surface area contributed by atoms with Crippen LogP contribution in [0.3, 0.4) is 0 Å². The third kappa shape index (κ3) is 14.3. The van der Waals surface area contributed by atoms with Crippen molar-refractivity contribution in [2.24, 2.45) is 0 Å². The van der Waals surface area contributed by atoms with E-state index in [0.29, 0.717) is 25.7 Å². The van der Waals surface area contributed by atoms with Gasteiger partial charge in [0.1, 0.15) is 13.2 Å². The van der Waals surface area contributed by atoms with Crippen molar-refractivity contribution in [2.45, 2.75) is 39.5 Å². The van der Waals surface area contributed by atoms with Gasteiger partial charge in [-0.3, -0.25) is 19.2 Å². The zero-order valence-electron chi connectivity index (χ0n) is 13.1. The van der Waals surface area contributed by atoms with Crippen molar-refractivity contribution in [3.63, 3.8) is 0 Å². The van der Waals surface area contributed by atoms with E-state index in [1.807, 2.05) is 0 Å². The van der Waals surface area contributed by atoms with Crippen LogP contribution in [-0.2, 0) is 28.7 Å². The lowest BCUT2D eigenvalue weighted by molar-refractivity contribution is -0.142. The molecule has 0 aliphatic rings. The molecule has 0 aromatic heterocycles. The molecule has 126 valence electrons. The van der Waals surface area contributed by atoms with E-state index in [1.165, 1.54) is 13.8 Å². The number of amides is 2. The van der Waals surface area contributed by atoms with Crippen molar-refractivity contribution in [3.8, 4) is 0 Å². The van der Waals surface area contributed by atoms with Gasteiger partial charge in [0.25, 0.3) is 0 Å². The number of rotatable bonds is 11. The molecule has 0 aliphatic heterocycles. The van der Waals surface area contributed by atoms with Gasteiger partial charge in [-0.2, -0.15) is 0 Å². The number of esters is 2. The van der Waals surface area contributed by atoms with Gasteiger partial charge in [-0.05, 0) is 12.8 Å². The lowest BCUT2D eigenvalue weighted by atomic mass is 10.2. The van der Waals surface area contributed by atoms with E-state index >= 15 is 0 Å². The summed E-state index contributed by atoms with van der Waals surface area (Å²) in [5.74, 6) is -1.03. The molecular weight excluding hydrogens is 292 g/mol. The molecule has 0 bridgehead atoms. The van der Waals surface area contributed by atoms with Crippen LogP contribution in [0, 0.1) is 0 Å². The van der Waals surface area contributed by atoms with Gasteiger partial charge in [0.2, 0.25) is 11.8 Å². The minimum absolute atomic E-state index is 0.137. The molecule has 0 saturated heterocycles. The summed E-state index contributed by atoms with van der Waals surface area (Å²) < 4.78 is 9.35. The minimum atomic E-state index is -0.381. The average molecular weight is 316 g/mol. The van der Waals surface area contributed by atoms with Crippen molar-refractivity contribution < 1.29 is 28.7 Å². The number of carbonyl (C=O) groups is 4. The fourth-order valence-corrected chi connectivity index (χ4v) is 1.52. The molecule has 0 spiro atoms. The topological polar surface area (TPSA) is 111 Å². The Morgan fingerprint density at radius 2 is 1.09 bits per heavy atom. The Bertz CT molecular complexity index is 348. The second-order valence-electron chi connectivity index (χ2n) is 4.59. The highest BCUT2D eigenvalue weighted by Crippen LogP contribution is 1.99. The summed E-state index contributed by atoms with van der Waals surface area (Å²) in [4.78, 5) is 43.8. The second kappa shape index (κ2) is 12.6. The fraction of sp³-hybridized carbons (Fsp3) is 0.714. The van der Waals surface area contributed by atoms with Gasteiger partial charge in [-0.15, -0.1) is 0 Å². The Labute approximate surface area is 129 Å². The maximum absolute atomic E-state index is 11.4. The predicted octanol–water partition coefficient (Wildman–Crippen LogP) is -0.0946. The van der Waals surface area contributed by atoms with Gasteiger partial charge in [-0.1, -0.05) is 0 Å². The van der Waals surface area contributed by atoms with Gasteiger partial charge in [0, 0.05) is 26.7 Å². The first kappa shape index (κ1) is 19.9. The Kier molecular flexibility index (Phi) is 11.4. The van der Waals surface area contributed by atoms with E-state index in [0.717, 1.165) is 0 Å². The lowest BCUT2D eigenvalue weighted by Gasteiger charge is -2.06. The number of unbranched alkanes of at least 4 members (excludes halogenated alkanes) is 1. The maximum Gasteiger partial charge on any atom is 0.302 e. The Morgan fingerprint density at radius 3 is 1.41 bits per heavy atom. The average Bonchev–Trinajstić information content (AvgIpc) is 2.44. The van der Waals surface area contributed by atoms with Gasteiger partial charge in [0.15, 0.2) is 0 Å². The molecule has 2 N–H and O–H groups in total. The van der Waals surface area contributed by atoms with E-state index in [-0.39, 0.29) is 50.1 Å². The molecule has 0 fully saturated rings. The van der Waals surface area contributed by atoms with Crippen LogP contribution < -0.4 is 10.6 Å². The quantitative estimate of drug-likeness (QED) is 0.407. The monoisotopic (exact) mass is 316 g/mol. The first-order valence-electron chi connectivity index (χ1n) is 7.22. The van der Waals surface area contributed by atoms with Crippen molar-refractivity contribution in [2.75, 3.05) is 26.3 Å². The Balaban J connectivity index is 3.43. The first-order chi connectivity index (χ1) is 10.4. The number of hydrogen-bond donors (Lipinski definition) is 2. The summed E-state index contributed by atoms with van der Waals surface area (Å²) in [6.45, 7) is 3.50. The van der Waals surface area contributed by atoms with E-state index in [9.17, 15) is 19.2 Å². The largest absolute Gasteiger partial charge is 0.464 e.